The number of rotatable bonds is 4. The molecule has 0 aromatic carbocycles. The van der Waals surface area contributed by atoms with Crippen molar-refractivity contribution in [1.82, 2.24) is 9.97 Å². The Morgan fingerprint density at radius 3 is 2.48 bits per heavy atom. The van der Waals surface area contributed by atoms with Gasteiger partial charge < -0.3 is 11.1 Å². The van der Waals surface area contributed by atoms with Crippen molar-refractivity contribution >= 4 is 11.6 Å². The molecule has 0 amide bonds. The molecule has 1 saturated carbocycles. The molecule has 21 heavy (non-hydrogen) atoms. The maximum Gasteiger partial charge on any atom is 0.138 e. The van der Waals surface area contributed by atoms with Crippen LogP contribution in [0.2, 0.25) is 0 Å². The van der Waals surface area contributed by atoms with E-state index in [-0.39, 0.29) is 5.41 Å². The Morgan fingerprint density at radius 1 is 1.19 bits per heavy atom. The summed E-state index contributed by atoms with van der Waals surface area (Å²) in [6, 6.07) is 1.83. The number of hydrogen-bond acceptors (Lipinski definition) is 4. The van der Waals surface area contributed by atoms with Gasteiger partial charge in [-0.3, -0.25) is 0 Å². The minimum Gasteiger partial charge on any atom is -0.384 e. The first kappa shape index (κ1) is 16.1. The second-order valence-corrected chi connectivity index (χ2v) is 7.59. The van der Waals surface area contributed by atoms with E-state index < -0.39 is 0 Å². The van der Waals surface area contributed by atoms with Crippen molar-refractivity contribution < 1.29 is 0 Å². The lowest BCUT2D eigenvalue weighted by Crippen LogP contribution is -2.19. The summed E-state index contributed by atoms with van der Waals surface area (Å²) in [5, 5.41) is 3.43. The third-order valence-corrected chi connectivity index (χ3v) is 4.41. The maximum absolute atomic E-state index is 5.89. The summed E-state index contributed by atoms with van der Waals surface area (Å²) in [5.41, 5.74) is 5.82. The molecule has 0 bridgehead atoms. The molecule has 1 heterocycles. The topological polar surface area (TPSA) is 63.8 Å². The summed E-state index contributed by atoms with van der Waals surface area (Å²) in [4.78, 5) is 8.94. The average Bonchev–Trinajstić information content (AvgIpc) is 2.39. The highest BCUT2D eigenvalue weighted by molar-refractivity contribution is 5.45. The molecule has 0 aliphatic heterocycles. The van der Waals surface area contributed by atoms with Crippen LogP contribution in [0.25, 0.3) is 0 Å². The van der Waals surface area contributed by atoms with Gasteiger partial charge in [0.1, 0.15) is 17.5 Å². The summed E-state index contributed by atoms with van der Waals surface area (Å²) in [7, 11) is 0. The van der Waals surface area contributed by atoms with Crippen LogP contribution in [-0.4, -0.2) is 16.5 Å². The van der Waals surface area contributed by atoms with Gasteiger partial charge in [0.2, 0.25) is 0 Å². The number of aromatic nitrogens is 2. The lowest BCUT2D eigenvalue weighted by atomic mass is 9.81. The van der Waals surface area contributed by atoms with Gasteiger partial charge in [-0.25, -0.2) is 9.97 Å². The van der Waals surface area contributed by atoms with Crippen LogP contribution >= 0.6 is 0 Å². The smallest absolute Gasteiger partial charge is 0.138 e. The molecule has 2 rings (SSSR count). The molecular weight excluding hydrogens is 260 g/mol. The van der Waals surface area contributed by atoms with Crippen LogP contribution in [0.15, 0.2) is 6.07 Å². The molecular formula is C17H30N4. The van der Waals surface area contributed by atoms with Crippen molar-refractivity contribution in [3.05, 3.63) is 11.9 Å². The summed E-state index contributed by atoms with van der Waals surface area (Å²) >= 11 is 0. The fraction of sp³-hybridized carbons (Fsp3) is 0.765. The molecule has 0 atom stereocenters. The molecule has 1 aromatic rings. The average molecular weight is 290 g/mol. The molecule has 1 aromatic heterocycles. The number of nitrogens with two attached hydrogens (primary N) is 1. The zero-order valence-corrected chi connectivity index (χ0v) is 13.9. The fourth-order valence-corrected chi connectivity index (χ4v) is 2.91. The zero-order valence-electron chi connectivity index (χ0n) is 13.9. The Hall–Kier alpha value is -1.32. The monoisotopic (exact) mass is 290 g/mol. The summed E-state index contributed by atoms with van der Waals surface area (Å²) in [6.45, 7) is 9.66. The minimum absolute atomic E-state index is 0.0781. The van der Waals surface area contributed by atoms with Gasteiger partial charge in [0.25, 0.3) is 0 Å². The van der Waals surface area contributed by atoms with Crippen molar-refractivity contribution in [3.8, 4) is 0 Å². The van der Waals surface area contributed by atoms with Gasteiger partial charge in [0.15, 0.2) is 0 Å². The van der Waals surface area contributed by atoms with Crippen LogP contribution in [0.1, 0.15) is 65.6 Å². The normalized spacial score (nSPS) is 23.0. The van der Waals surface area contributed by atoms with Crippen molar-refractivity contribution in [3.63, 3.8) is 0 Å². The first-order chi connectivity index (χ1) is 9.84. The van der Waals surface area contributed by atoms with E-state index in [1.54, 1.807) is 0 Å². The Bertz CT molecular complexity index is 456. The number of nitrogens with zero attached hydrogens (tertiary/aromatic N) is 2. The Kier molecular flexibility index (Phi) is 5.07. The largest absolute Gasteiger partial charge is 0.384 e. The predicted octanol–water partition coefficient (Wildman–Crippen LogP) is 3.98. The first-order valence-electron chi connectivity index (χ1n) is 8.23. The fourth-order valence-electron chi connectivity index (χ4n) is 2.91. The quantitative estimate of drug-likeness (QED) is 0.880. The zero-order chi connectivity index (χ0) is 15.5. The van der Waals surface area contributed by atoms with Crippen molar-refractivity contribution in [2.45, 2.75) is 65.2 Å². The Morgan fingerprint density at radius 2 is 1.86 bits per heavy atom. The van der Waals surface area contributed by atoms with E-state index in [9.17, 15) is 0 Å². The van der Waals surface area contributed by atoms with Crippen molar-refractivity contribution in [2.75, 3.05) is 17.6 Å². The van der Waals surface area contributed by atoms with E-state index in [0.717, 1.165) is 30.0 Å². The molecule has 0 unspecified atom stereocenters. The highest BCUT2D eigenvalue weighted by Crippen LogP contribution is 2.30. The second-order valence-electron chi connectivity index (χ2n) is 7.59. The molecule has 0 radical (unpaired) electrons. The van der Waals surface area contributed by atoms with Crippen LogP contribution in [0, 0.1) is 11.8 Å². The van der Waals surface area contributed by atoms with E-state index >= 15 is 0 Å². The number of nitrogen functional groups attached to an aromatic ring is 1. The molecule has 118 valence electrons. The van der Waals surface area contributed by atoms with Crippen LogP contribution in [0.3, 0.4) is 0 Å². The lowest BCUT2D eigenvalue weighted by molar-refractivity contribution is 0.282. The van der Waals surface area contributed by atoms with Gasteiger partial charge in [0.05, 0.1) is 0 Å². The van der Waals surface area contributed by atoms with E-state index in [4.69, 9.17) is 5.73 Å². The highest BCUT2D eigenvalue weighted by Gasteiger charge is 2.19. The second kappa shape index (κ2) is 6.63. The van der Waals surface area contributed by atoms with E-state index in [0.29, 0.717) is 5.82 Å². The lowest BCUT2D eigenvalue weighted by Gasteiger charge is -2.26. The van der Waals surface area contributed by atoms with Crippen LogP contribution in [0.4, 0.5) is 11.6 Å². The molecule has 0 saturated heterocycles. The summed E-state index contributed by atoms with van der Waals surface area (Å²) in [6.07, 6.45) is 6.75. The van der Waals surface area contributed by atoms with Gasteiger partial charge in [-0.15, -0.1) is 0 Å². The van der Waals surface area contributed by atoms with Gasteiger partial charge >= 0.3 is 0 Å². The maximum atomic E-state index is 5.89. The van der Waals surface area contributed by atoms with Gasteiger partial charge in [-0.05, 0) is 18.3 Å². The van der Waals surface area contributed by atoms with E-state index in [1.807, 2.05) is 6.07 Å². The number of nitrogens with one attached hydrogen (secondary N) is 1. The van der Waals surface area contributed by atoms with Gasteiger partial charge in [-0.1, -0.05) is 53.4 Å². The third kappa shape index (κ3) is 4.87. The standard InChI is InChI=1S/C17H30N4/c1-12-5-7-13(8-6-12)9-10-19-15-11-14(18)20-16(21-15)17(2,3)4/h11-13H,5-10H2,1-4H3,(H3,18,19,20,21). The van der Waals surface area contributed by atoms with E-state index in [2.05, 4.69) is 43.0 Å². The SMILES string of the molecule is CC1CCC(CCNc2cc(N)nc(C(C)(C)C)n2)CC1. The van der Waals surface area contributed by atoms with Gasteiger partial charge in [-0.2, -0.15) is 0 Å². The number of anilines is 2. The first-order valence-corrected chi connectivity index (χ1v) is 8.23. The predicted molar refractivity (Wildman–Crippen MR) is 89.4 cm³/mol. The molecule has 1 fully saturated rings. The molecule has 4 nitrogen and oxygen atoms in total. The van der Waals surface area contributed by atoms with Crippen LogP contribution < -0.4 is 11.1 Å². The van der Waals surface area contributed by atoms with Crippen LogP contribution in [-0.2, 0) is 5.41 Å². The number of hydrogen-bond donors (Lipinski definition) is 2. The molecule has 1 aliphatic carbocycles. The van der Waals surface area contributed by atoms with Gasteiger partial charge in [0, 0.05) is 18.0 Å². The summed E-state index contributed by atoms with van der Waals surface area (Å²) in [5.74, 6) is 4.00. The third-order valence-electron chi connectivity index (χ3n) is 4.41. The summed E-state index contributed by atoms with van der Waals surface area (Å²) < 4.78 is 0. The molecule has 3 N–H and O–H groups in total. The molecule has 4 heteroatoms. The highest BCUT2D eigenvalue weighted by atomic mass is 15.1. The van der Waals surface area contributed by atoms with E-state index in [1.165, 1.54) is 32.1 Å². The van der Waals surface area contributed by atoms with Crippen molar-refractivity contribution in [2.24, 2.45) is 11.8 Å². The Labute approximate surface area is 128 Å². The molecule has 1 aliphatic rings. The Balaban J connectivity index is 1.87. The minimum atomic E-state index is -0.0781. The van der Waals surface area contributed by atoms with Crippen LogP contribution in [0.5, 0.6) is 0 Å². The molecule has 0 spiro atoms. The van der Waals surface area contributed by atoms with Crippen molar-refractivity contribution in [1.29, 1.82) is 0 Å².